The van der Waals surface area contributed by atoms with Crippen LogP contribution in [0.5, 0.6) is 0 Å². The van der Waals surface area contributed by atoms with Gasteiger partial charge >= 0.3 is 0 Å². The smallest absolute Gasteiger partial charge is 0.133 e. The summed E-state index contributed by atoms with van der Waals surface area (Å²) >= 11 is 0. The van der Waals surface area contributed by atoms with Crippen molar-refractivity contribution in [3.63, 3.8) is 0 Å². The standard InChI is InChI=1S/C10H16O/c1-3-8(2)9-4-6-10(11)7-5-9/h3-7H2,1-2H3. The first-order chi connectivity index (χ1) is 5.24. The Morgan fingerprint density at radius 1 is 1.27 bits per heavy atom. The monoisotopic (exact) mass is 152 g/mol. The molecule has 0 unspecified atom stereocenters. The quantitative estimate of drug-likeness (QED) is 0.528. The third-order valence-electron chi connectivity index (χ3n) is 2.55. The van der Waals surface area contributed by atoms with Crippen LogP contribution in [0, 0.1) is 0 Å². The Kier molecular flexibility index (Phi) is 2.86. The van der Waals surface area contributed by atoms with Crippen LogP contribution in [0.25, 0.3) is 0 Å². The van der Waals surface area contributed by atoms with Crippen molar-refractivity contribution in [2.75, 3.05) is 0 Å². The van der Waals surface area contributed by atoms with Gasteiger partial charge in [-0.05, 0) is 26.2 Å². The summed E-state index contributed by atoms with van der Waals surface area (Å²) in [7, 11) is 0. The van der Waals surface area contributed by atoms with Crippen LogP contribution in [-0.2, 0) is 4.79 Å². The van der Waals surface area contributed by atoms with Crippen molar-refractivity contribution < 1.29 is 4.79 Å². The highest BCUT2D eigenvalue weighted by atomic mass is 16.1. The van der Waals surface area contributed by atoms with E-state index in [1.807, 2.05) is 0 Å². The van der Waals surface area contributed by atoms with Gasteiger partial charge in [0.05, 0.1) is 0 Å². The lowest BCUT2D eigenvalue weighted by atomic mass is 9.90. The Bertz CT molecular complexity index is 177. The van der Waals surface area contributed by atoms with Crippen molar-refractivity contribution in [2.24, 2.45) is 0 Å². The van der Waals surface area contributed by atoms with Crippen LogP contribution in [0.15, 0.2) is 11.1 Å². The van der Waals surface area contributed by atoms with Crippen molar-refractivity contribution in [3.05, 3.63) is 11.1 Å². The van der Waals surface area contributed by atoms with E-state index in [9.17, 15) is 4.79 Å². The van der Waals surface area contributed by atoms with E-state index >= 15 is 0 Å². The van der Waals surface area contributed by atoms with Crippen molar-refractivity contribution in [2.45, 2.75) is 46.0 Å². The summed E-state index contributed by atoms with van der Waals surface area (Å²) in [6.07, 6.45) is 4.76. The highest BCUT2D eigenvalue weighted by Crippen LogP contribution is 2.24. The van der Waals surface area contributed by atoms with Crippen LogP contribution >= 0.6 is 0 Å². The highest BCUT2D eigenvalue weighted by Gasteiger charge is 2.13. The molecule has 11 heavy (non-hydrogen) atoms. The molecule has 1 nitrogen and oxygen atoms in total. The Labute approximate surface area is 68.5 Å². The van der Waals surface area contributed by atoms with E-state index in [4.69, 9.17) is 0 Å². The molecule has 0 N–H and O–H groups in total. The Morgan fingerprint density at radius 3 is 2.27 bits per heavy atom. The Morgan fingerprint density at radius 2 is 1.82 bits per heavy atom. The molecule has 1 aliphatic carbocycles. The first-order valence-electron chi connectivity index (χ1n) is 4.43. The number of carbonyl (C=O) groups is 1. The molecule has 0 radical (unpaired) electrons. The van der Waals surface area contributed by atoms with Gasteiger partial charge in [0.25, 0.3) is 0 Å². The van der Waals surface area contributed by atoms with Crippen LogP contribution in [0.2, 0.25) is 0 Å². The average Bonchev–Trinajstić information content (AvgIpc) is 2.05. The summed E-state index contributed by atoms with van der Waals surface area (Å²) in [5.74, 6) is 0.442. The van der Waals surface area contributed by atoms with Gasteiger partial charge in [0.1, 0.15) is 5.78 Å². The Balaban J connectivity index is 2.57. The van der Waals surface area contributed by atoms with Gasteiger partial charge in [0, 0.05) is 12.8 Å². The van der Waals surface area contributed by atoms with Gasteiger partial charge < -0.3 is 0 Å². The lowest BCUT2D eigenvalue weighted by Gasteiger charge is -2.15. The maximum absolute atomic E-state index is 10.9. The summed E-state index contributed by atoms with van der Waals surface area (Å²) in [5.41, 5.74) is 3.03. The molecule has 0 atom stereocenters. The molecule has 0 heterocycles. The second kappa shape index (κ2) is 3.70. The zero-order valence-corrected chi connectivity index (χ0v) is 7.44. The highest BCUT2D eigenvalue weighted by molar-refractivity contribution is 5.80. The maximum atomic E-state index is 10.9. The molecule has 62 valence electrons. The predicted octanol–water partition coefficient (Wildman–Crippen LogP) is 2.86. The summed E-state index contributed by atoms with van der Waals surface area (Å²) in [6.45, 7) is 4.36. The number of carbonyl (C=O) groups excluding carboxylic acids is 1. The largest absolute Gasteiger partial charge is 0.300 e. The van der Waals surface area contributed by atoms with Gasteiger partial charge in [-0.25, -0.2) is 0 Å². The Hall–Kier alpha value is -0.590. The first kappa shape index (κ1) is 8.51. The number of ketones is 1. The van der Waals surface area contributed by atoms with E-state index in [0.717, 1.165) is 32.1 Å². The zero-order chi connectivity index (χ0) is 8.27. The maximum Gasteiger partial charge on any atom is 0.133 e. The first-order valence-corrected chi connectivity index (χ1v) is 4.43. The van der Waals surface area contributed by atoms with Crippen molar-refractivity contribution in [3.8, 4) is 0 Å². The molecule has 0 aromatic carbocycles. The van der Waals surface area contributed by atoms with Gasteiger partial charge in [-0.3, -0.25) is 4.79 Å². The third-order valence-corrected chi connectivity index (χ3v) is 2.55. The summed E-state index contributed by atoms with van der Waals surface area (Å²) in [6, 6.07) is 0. The molecule has 0 amide bonds. The number of allylic oxidation sites excluding steroid dienone is 2. The molecule has 0 aromatic heterocycles. The summed E-state index contributed by atoms with van der Waals surface area (Å²) in [4.78, 5) is 10.9. The number of rotatable bonds is 1. The van der Waals surface area contributed by atoms with Crippen LogP contribution in [0.3, 0.4) is 0 Å². The minimum atomic E-state index is 0.442. The molecule has 1 fully saturated rings. The van der Waals surface area contributed by atoms with Crippen molar-refractivity contribution in [1.29, 1.82) is 0 Å². The number of hydrogen-bond donors (Lipinski definition) is 0. The van der Waals surface area contributed by atoms with Crippen LogP contribution < -0.4 is 0 Å². The topological polar surface area (TPSA) is 17.1 Å². The summed E-state index contributed by atoms with van der Waals surface area (Å²) in [5, 5.41) is 0. The van der Waals surface area contributed by atoms with E-state index < -0.39 is 0 Å². The van der Waals surface area contributed by atoms with Gasteiger partial charge in [-0.1, -0.05) is 18.1 Å². The average molecular weight is 152 g/mol. The van der Waals surface area contributed by atoms with Gasteiger partial charge in [0.15, 0.2) is 0 Å². The minimum Gasteiger partial charge on any atom is -0.300 e. The van der Waals surface area contributed by atoms with E-state index in [0.29, 0.717) is 5.78 Å². The van der Waals surface area contributed by atoms with Crippen LogP contribution in [-0.4, -0.2) is 5.78 Å². The fourth-order valence-corrected chi connectivity index (χ4v) is 1.51. The number of Topliss-reactive ketones (excluding diaryl/α,β-unsaturated/α-hetero) is 1. The zero-order valence-electron chi connectivity index (χ0n) is 7.44. The molecule has 1 rings (SSSR count). The van der Waals surface area contributed by atoms with Crippen LogP contribution in [0.4, 0.5) is 0 Å². The summed E-state index contributed by atoms with van der Waals surface area (Å²) < 4.78 is 0. The van der Waals surface area contributed by atoms with Crippen LogP contribution in [0.1, 0.15) is 46.0 Å². The second-order valence-corrected chi connectivity index (χ2v) is 3.28. The molecule has 0 bridgehead atoms. The fourth-order valence-electron chi connectivity index (χ4n) is 1.51. The minimum absolute atomic E-state index is 0.442. The van der Waals surface area contributed by atoms with E-state index in [-0.39, 0.29) is 0 Å². The molecular formula is C10H16O. The second-order valence-electron chi connectivity index (χ2n) is 3.28. The van der Waals surface area contributed by atoms with E-state index in [1.165, 1.54) is 11.1 Å². The fraction of sp³-hybridized carbons (Fsp3) is 0.700. The van der Waals surface area contributed by atoms with Gasteiger partial charge in [-0.15, -0.1) is 0 Å². The molecule has 0 spiro atoms. The molecule has 1 saturated carbocycles. The predicted molar refractivity (Wildman–Crippen MR) is 46.5 cm³/mol. The molecule has 0 aromatic rings. The van der Waals surface area contributed by atoms with Gasteiger partial charge in [-0.2, -0.15) is 0 Å². The molecule has 1 aliphatic rings. The number of hydrogen-bond acceptors (Lipinski definition) is 1. The normalized spacial score (nSPS) is 18.7. The molecule has 1 heteroatoms. The van der Waals surface area contributed by atoms with Gasteiger partial charge in [0.2, 0.25) is 0 Å². The third kappa shape index (κ3) is 2.18. The lowest BCUT2D eigenvalue weighted by Crippen LogP contribution is -2.07. The molecule has 0 saturated heterocycles. The van der Waals surface area contributed by atoms with Crippen molar-refractivity contribution in [1.82, 2.24) is 0 Å². The van der Waals surface area contributed by atoms with E-state index in [2.05, 4.69) is 13.8 Å². The van der Waals surface area contributed by atoms with E-state index in [1.54, 1.807) is 0 Å². The molecular weight excluding hydrogens is 136 g/mol. The SMILES string of the molecule is CCC(C)=C1CCC(=O)CC1. The lowest BCUT2D eigenvalue weighted by molar-refractivity contribution is -0.119. The molecule has 0 aliphatic heterocycles. The van der Waals surface area contributed by atoms with Crippen molar-refractivity contribution >= 4 is 5.78 Å².